The Morgan fingerprint density at radius 3 is 1.90 bits per heavy atom. The van der Waals surface area contributed by atoms with Gasteiger partial charge >= 0.3 is 20.2 Å². The number of methoxy groups -OCH3 is 2. The minimum atomic E-state index is -4.05. The third-order valence-electron chi connectivity index (χ3n) is 6.03. The highest BCUT2D eigenvalue weighted by Gasteiger charge is 2.27. The van der Waals surface area contributed by atoms with Crippen LogP contribution in [0.25, 0.3) is 22.3 Å². The zero-order valence-electron chi connectivity index (χ0n) is 23.4. The summed E-state index contributed by atoms with van der Waals surface area (Å²) in [5.41, 5.74) is 3.10. The van der Waals surface area contributed by atoms with Crippen molar-refractivity contribution in [1.82, 2.24) is 0 Å². The van der Waals surface area contributed by atoms with Crippen molar-refractivity contribution in [1.29, 1.82) is 0 Å². The van der Waals surface area contributed by atoms with Gasteiger partial charge < -0.3 is 27.7 Å². The molecule has 1 N–H and O–H groups in total. The van der Waals surface area contributed by atoms with E-state index in [2.05, 4.69) is 0 Å². The van der Waals surface area contributed by atoms with E-state index in [1.165, 1.54) is 26.4 Å². The van der Waals surface area contributed by atoms with Crippen LogP contribution in [0.1, 0.15) is 11.1 Å². The van der Waals surface area contributed by atoms with Gasteiger partial charge in [-0.2, -0.15) is 16.8 Å². The number of aliphatic hydroxyl groups is 1. The quantitative estimate of drug-likeness (QED) is 0.222. The van der Waals surface area contributed by atoms with Crippen LogP contribution in [0.4, 0.5) is 0 Å². The molecule has 4 aromatic carbocycles. The Balaban J connectivity index is 1.85. The molecule has 10 nitrogen and oxygen atoms in total. The van der Waals surface area contributed by atoms with E-state index >= 15 is 0 Å². The standard InChI is InChI=1S/C30H30O10S2/c1-36-27-17-25(21-10-13-24(14-11-21)39-41(3,32)33)29(37-2)30(40-42(4,34)35)28(27)22-12-15-26(23(16-22)18-31)38-19-20-8-6-5-7-9-20/h5-17,31H,18-19H2,1-4H3. The van der Waals surface area contributed by atoms with Crippen LogP contribution in [0.3, 0.4) is 0 Å². The molecule has 0 aromatic heterocycles. The third kappa shape index (κ3) is 7.52. The zero-order chi connectivity index (χ0) is 30.5. The van der Waals surface area contributed by atoms with Crippen LogP contribution < -0.4 is 22.6 Å². The van der Waals surface area contributed by atoms with Crippen molar-refractivity contribution in [2.24, 2.45) is 0 Å². The molecule has 42 heavy (non-hydrogen) atoms. The molecular weight excluding hydrogens is 584 g/mol. The summed E-state index contributed by atoms with van der Waals surface area (Å²) >= 11 is 0. The van der Waals surface area contributed by atoms with E-state index < -0.39 is 20.2 Å². The monoisotopic (exact) mass is 614 g/mol. The van der Waals surface area contributed by atoms with Crippen molar-refractivity contribution in [3.05, 3.63) is 90.0 Å². The van der Waals surface area contributed by atoms with Gasteiger partial charge in [0.05, 0.1) is 38.9 Å². The van der Waals surface area contributed by atoms with Crippen LogP contribution in [-0.4, -0.2) is 48.7 Å². The normalized spacial score (nSPS) is 11.5. The molecule has 0 amide bonds. The first-order valence-electron chi connectivity index (χ1n) is 12.5. The number of rotatable bonds is 12. The minimum Gasteiger partial charge on any atom is -0.496 e. The van der Waals surface area contributed by atoms with Crippen LogP contribution >= 0.6 is 0 Å². The maximum atomic E-state index is 12.4. The first-order valence-corrected chi connectivity index (χ1v) is 16.1. The lowest BCUT2D eigenvalue weighted by Crippen LogP contribution is -2.09. The Morgan fingerprint density at radius 1 is 0.690 bits per heavy atom. The van der Waals surface area contributed by atoms with E-state index in [1.807, 2.05) is 30.3 Å². The van der Waals surface area contributed by atoms with Gasteiger partial charge in [0.2, 0.25) is 0 Å². The molecule has 4 rings (SSSR count). The Labute approximate surface area is 245 Å². The van der Waals surface area contributed by atoms with Gasteiger partial charge in [-0.3, -0.25) is 0 Å². The van der Waals surface area contributed by atoms with Gasteiger partial charge in [-0.25, -0.2) is 0 Å². The number of hydrogen-bond donors (Lipinski definition) is 1. The Morgan fingerprint density at radius 2 is 1.33 bits per heavy atom. The largest absolute Gasteiger partial charge is 0.496 e. The Hall–Kier alpha value is -4.26. The molecule has 0 atom stereocenters. The molecule has 222 valence electrons. The molecular formula is C30H30O10S2. The molecule has 0 unspecified atom stereocenters. The van der Waals surface area contributed by atoms with Crippen LogP contribution in [-0.2, 0) is 33.5 Å². The van der Waals surface area contributed by atoms with Gasteiger partial charge in [0.25, 0.3) is 0 Å². The predicted octanol–water partition coefficient (Wildman–Crippen LogP) is 4.79. The molecule has 4 aromatic rings. The highest BCUT2D eigenvalue weighted by atomic mass is 32.2. The summed E-state index contributed by atoms with van der Waals surface area (Å²) in [6.45, 7) is -0.0604. The molecule has 0 bridgehead atoms. The highest BCUT2D eigenvalue weighted by Crippen LogP contribution is 2.51. The number of ether oxygens (including phenoxy) is 3. The van der Waals surface area contributed by atoms with E-state index in [4.69, 9.17) is 22.6 Å². The fourth-order valence-corrected chi connectivity index (χ4v) is 5.22. The first-order chi connectivity index (χ1) is 19.9. The Kier molecular flexibility index (Phi) is 9.30. The molecule has 0 fully saturated rings. The lowest BCUT2D eigenvalue weighted by atomic mass is 9.95. The maximum Gasteiger partial charge on any atom is 0.306 e. The lowest BCUT2D eigenvalue weighted by Gasteiger charge is -2.21. The summed E-state index contributed by atoms with van der Waals surface area (Å²) in [5.74, 6) is 0.760. The summed E-state index contributed by atoms with van der Waals surface area (Å²) in [6, 6.07) is 22.3. The minimum absolute atomic E-state index is 0.0861. The second-order valence-electron chi connectivity index (χ2n) is 9.22. The third-order valence-corrected chi connectivity index (χ3v) is 6.99. The summed E-state index contributed by atoms with van der Waals surface area (Å²) in [6.07, 6.45) is 1.85. The average Bonchev–Trinajstić information content (AvgIpc) is 2.94. The fourth-order valence-electron chi connectivity index (χ4n) is 4.30. The van der Waals surface area contributed by atoms with Crippen LogP contribution in [0.5, 0.6) is 28.7 Å². The molecule has 0 aliphatic carbocycles. The van der Waals surface area contributed by atoms with Gasteiger partial charge in [0.1, 0.15) is 23.9 Å². The van der Waals surface area contributed by atoms with Crippen molar-refractivity contribution in [3.63, 3.8) is 0 Å². The molecule has 0 heterocycles. The summed E-state index contributed by atoms with van der Waals surface area (Å²) in [5, 5.41) is 10.1. The summed E-state index contributed by atoms with van der Waals surface area (Å²) in [7, 11) is -4.99. The first kappa shape index (κ1) is 30.7. The smallest absolute Gasteiger partial charge is 0.306 e. The van der Waals surface area contributed by atoms with E-state index in [-0.39, 0.29) is 41.8 Å². The second-order valence-corrected chi connectivity index (χ2v) is 12.4. The molecule has 0 saturated carbocycles. The van der Waals surface area contributed by atoms with Gasteiger partial charge in [0.15, 0.2) is 11.5 Å². The van der Waals surface area contributed by atoms with E-state index in [9.17, 15) is 21.9 Å². The van der Waals surface area contributed by atoms with Gasteiger partial charge in [-0.1, -0.05) is 48.5 Å². The zero-order valence-corrected chi connectivity index (χ0v) is 25.0. The van der Waals surface area contributed by atoms with Crippen molar-refractivity contribution < 1.29 is 44.5 Å². The average molecular weight is 615 g/mol. The van der Waals surface area contributed by atoms with E-state index in [0.29, 0.717) is 28.0 Å². The molecule has 0 aliphatic rings. The van der Waals surface area contributed by atoms with Crippen molar-refractivity contribution in [3.8, 4) is 51.0 Å². The predicted molar refractivity (Wildman–Crippen MR) is 158 cm³/mol. The van der Waals surface area contributed by atoms with Gasteiger partial charge in [-0.05, 0) is 47.0 Å². The molecule has 0 aliphatic heterocycles. The molecule has 0 radical (unpaired) electrons. The van der Waals surface area contributed by atoms with Crippen molar-refractivity contribution in [2.45, 2.75) is 13.2 Å². The van der Waals surface area contributed by atoms with Crippen LogP contribution in [0.15, 0.2) is 78.9 Å². The lowest BCUT2D eigenvalue weighted by molar-refractivity contribution is 0.259. The van der Waals surface area contributed by atoms with Gasteiger partial charge in [-0.15, -0.1) is 0 Å². The number of benzene rings is 4. The maximum absolute atomic E-state index is 12.4. The van der Waals surface area contributed by atoms with Crippen molar-refractivity contribution >= 4 is 20.2 Å². The number of aliphatic hydroxyl groups excluding tert-OH is 1. The molecule has 0 spiro atoms. The van der Waals surface area contributed by atoms with Gasteiger partial charge in [0, 0.05) is 11.1 Å². The van der Waals surface area contributed by atoms with Crippen molar-refractivity contribution in [2.75, 3.05) is 26.7 Å². The van der Waals surface area contributed by atoms with Crippen LogP contribution in [0, 0.1) is 0 Å². The number of hydrogen-bond acceptors (Lipinski definition) is 10. The summed E-state index contributed by atoms with van der Waals surface area (Å²) < 4.78 is 75.5. The molecule has 12 heteroatoms. The molecule has 0 saturated heterocycles. The SMILES string of the molecule is COc1cc(-c2ccc(OS(C)(=O)=O)cc2)c(OC)c(OS(C)(=O)=O)c1-c1ccc(OCc2ccccc2)c(CO)c1. The van der Waals surface area contributed by atoms with Crippen LogP contribution in [0.2, 0.25) is 0 Å². The highest BCUT2D eigenvalue weighted by molar-refractivity contribution is 7.86. The summed E-state index contributed by atoms with van der Waals surface area (Å²) in [4.78, 5) is 0. The van der Waals surface area contributed by atoms with E-state index in [1.54, 1.807) is 36.4 Å². The Bertz CT molecular complexity index is 1770. The van der Waals surface area contributed by atoms with E-state index in [0.717, 1.165) is 18.1 Å². The second kappa shape index (κ2) is 12.7. The fraction of sp³-hybridized carbons (Fsp3) is 0.200. The topological polar surface area (TPSA) is 135 Å².